The lowest BCUT2D eigenvalue weighted by molar-refractivity contribution is -0.137. The van der Waals surface area contributed by atoms with E-state index in [1.807, 2.05) is 43.2 Å². The lowest BCUT2D eigenvalue weighted by atomic mass is 9.92. The van der Waals surface area contributed by atoms with Gasteiger partial charge in [-0.25, -0.2) is 0 Å². The summed E-state index contributed by atoms with van der Waals surface area (Å²) in [5.41, 5.74) is -0.735. The second-order valence-electron chi connectivity index (χ2n) is 10.0. The molecule has 6 nitrogen and oxygen atoms in total. The first-order valence-electron chi connectivity index (χ1n) is 11.4. The normalized spacial score (nSPS) is 13.4. The van der Waals surface area contributed by atoms with Gasteiger partial charge in [0.05, 0.1) is 16.7 Å². The third-order valence-corrected chi connectivity index (χ3v) is 5.61. The van der Waals surface area contributed by atoms with Gasteiger partial charge < -0.3 is 9.47 Å². The Hall–Kier alpha value is -2.55. The van der Waals surface area contributed by atoms with E-state index in [1.54, 1.807) is 13.8 Å². The highest BCUT2D eigenvalue weighted by atomic mass is 19.4. The zero-order chi connectivity index (χ0) is 25.9. The molecule has 1 amide bonds. The minimum Gasteiger partial charge on any atom is -0.490 e. The van der Waals surface area contributed by atoms with Gasteiger partial charge in [-0.3, -0.25) is 14.2 Å². The topological polar surface area (TPSA) is 57.8 Å². The van der Waals surface area contributed by atoms with Crippen molar-refractivity contribution < 1.29 is 27.4 Å². The van der Waals surface area contributed by atoms with Crippen LogP contribution in [0.4, 0.5) is 13.2 Å². The van der Waals surface area contributed by atoms with E-state index in [0.717, 1.165) is 36.7 Å². The minimum atomic E-state index is -4.60. The smallest absolute Gasteiger partial charge is 0.416 e. The largest absolute Gasteiger partial charge is 0.490 e. The molecule has 0 bridgehead atoms. The van der Waals surface area contributed by atoms with Gasteiger partial charge in [-0.2, -0.15) is 18.2 Å². The number of carbonyl (C=O) groups excluding carboxylic acids is 1. The van der Waals surface area contributed by atoms with E-state index in [1.165, 1.54) is 7.11 Å². The van der Waals surface area contributed by atoms with Crippen molar-refractivity contribution >= 4 is 5.91 Å². The van der Waals surface area contributed by atoms with E-state index in [4.69, 9.17) is 9.47 Å². The zero-order valence-corrected chi connectivity index (χ0v) is 21.3. The summed E-state index contributed by atoms with van der Waals surface area (Å²) >= 11 is 0. The van der Waals surface area contributed by atoms with Crippen LogP contribution in [0.3, 0.4) is 0 Å². The van der Waals surface area contributed by atoms with Crippen LogP contribution in [0.25, 0.3) is 0 Å². The molecule has 0 aliphatic rings. The highest BCUT2D eigenvalue weighted by Gasteiger charge is 2.32. The molecule has 2 rings (SSSR count). The number of halogens is 3. The SMILES string of the molecule is CCCCn1c(=NC(=O)c2cc(C(F)(F)F)ccc2OCC(C)(C)OC)cc(C(C)(C)C)n1C. The lowest BCUT2D eigenvalue weighted by Gasteiger charge is -2.23. The van der Waals surface area contributed by atoms with Crippen molar-refractivity contribution in [2.75, 3.05) is 13.7 Å². The predicted molar refractivity (Wildman–Crippen MR) is 125 cm³/mol. The van der Waals surface area contributed by atoms with Crippen molar-refractivity contribution in [1.82, 2.24) is 9.36 Å². The number of methoxy groups -OCH3 is 1. The standard InChI is InChI=1S/C25H36F3N3O3/c1-9-10-13-31-21(15-20(30(31)7)23(2,3)4)29-22(32)18-14-17(25(26,27)28)11-12-19(18)34-16-24(5,6)33-8/h11-12,14-15H,9-10,13,16H2,1-8H3. The highest BCUT2D eigenvalue weighted by molar-refractivity contribution is 5.97. The van der Waals surface area contributed by atoms with Gasteiger partial charge in [0.15, 0.2) is 5.49 Å². The molecule has 9 heteroatoms. The van der Waals surface area contributed by atoms with E-state index in [0.29, 0.717) is 12.0 Å². The van der Waals surface area contributed by atoms with Crippen LogP contribution in [0.5, 0.6) is 5.75 Å². The summed E-state index contributed by atoms with van der Waals surface area (Å²) < 4.78 is 55.1. The van der Waals surface area contributed by atoms with Crippen molar-refractivity contribution in [2.45, 2.75) is 78.1 Å². The molecule has 0 N–H and O–H groups in total. The van der Waals surface area contributed by atoms with Gasteiger partial charge in [0.1, 0.15) is 12.4 Å². The van der Waals surface area contributed by atoms with Gasteiger partial charge in [-0.15, -0.1) is 0 Å². The van der Waals surface area contributed by atoms with E-state index < -0.39 is 23.2 Å². The number of unbranched alkanes of at least 4 members (excludes halogenated alkanes) is 1. The molecular weight excluding hydrogens is 447 g/mol. The van der Waals surface area contributed by atoms with Crippen molar-refractivity contribution in [3.05, 3.63) is 46.6 Å². The number of aromatic nitrogens is 2. The number of alkyl halides is 3. The first-order chi connectivity index (χ1) is 15.6. The van der Waals surface area contributed by atoms with Crippen LogP contribution in [-0.2, 0) is 29.9 Å². The second kappa shape index (κ2) is 10.4. The fraction of sp³-hybridized carbons (Fsp3) is 0.600. The Morgan fingerprint density at radius 2 is 1.74 bits per heavy atom. The summed E-state index contributed by atoms with van der Waals surface area (Å²) in [6.45, 7) is 12.4. The summed E-state index contributed by atoms with van der Waals surface area (Å²) in [5.74, 6) is -0.772. The first-order valence-corrected chi connectivity index (χ1v) is 11.4. The first kappa shape index (κ1) is 27.7. The molecule has 0 radical (unpaired) electrons. The molecule has 0 fully saturated rings. The number of carbonyl (C=O) groups is 1. The Morgan fingerprint density at radius 3 is 2.26 bits per heavy atom. The maximum absolute atomic E-state index is 13.4. The van der Waals surface area contributed by atoms with Crippen molar-refractivity contribution in [3.8, 4) is 5.75 Å². The summed E-state index contributed by atoms with van der Waals surface area (Å²) in [5, 5.41) is 0. The van der Waals surface area contributed by atoms with Crippen molar-refractivity contribution in [2.24, 2.45) is 12.0 Å². The Bertz CT molecular complexity index is 1070. The Balaban J connectivity index is 2.63. The fourth-order valence-electron chi connectivity index (χ4n) is 3.41. The maximum atomic E-state index is 13.4. The van der Waals surface area contributed by atoms with Crippen LogP contribution in [0.15, 0.2) is 29.3 Å². The summed E-state index contributed by atoms with van der Waals surface area (Å²) in [7, 11) is 3.40. The van der Waals surface area contributed by atoms with Gasteiger partial charge in [-0.05, 0) is 38.5 Å². The Kier molecular flexibility index (Phi) is 8.45. The van der Waals surface area contributed by atoms with Gasteiger partial charge in [0.2, 0.25) is 0 Å². The average Bonchev–Trinajstić information content (AvgIpc) is 3.05. The Labute approximate surface area is 199 Å². The van der Waals surface area contributed by atoms with Gasteiger partial charge >= 0.3 is 6.18 Å². The maximum Gasteiger partial charge on any atom is 0.416 e. The highest BCUT2D eigenvalue weighted by Crippen LogP contribution is 2.33. The molecule has 0 aliphatic carbocycles. The average molecular weight is 484 g/mol. The molecule has 0 spiro atoms. The summed E-state index contributed by atoms with van der Waals surface area (Å²) in [4.78, 5) is 17.5. The van der Waals surface area contributed by atoms with Crippen molar-refractivity contribution in [3.63, 3.8) is 0 Å². The quantitative estimate of drug-likeness (QED) is 0.499. The number of amides is 1. The van der Waals surface area contributed by atoms with Gasteiger partial charge in [0.25, 0.3) is 5.91 Å². The molecule has 1 heterocycles. The number of benzene rings is 1. The van der Waals surface area contributed by atoms with Crippen LogP contribution in [0, 0.1) is 0 Å². The number of hydrogen-bond acceptors (Lipinski definition) is 3. The molecule has 0 aliphatic heterocycles. The zero-order valence-electron chi connectivity index (χ0n) is 21.3. The Morgan fingerprint density at radius 1 is 1.09 bits per heavy atom. The number of rotatable bonds is 8. The van der Waals surface area contributed by atoms with E-state index >= 15 is 0 Å². The van der Waals surface area contributed by atoms with Crippen LogP contribution in [0.2, 0.25) is 0 Å². The third-order valence-electron chi connectivity index (χ3n) is 5.61. The van der Waals surface area contributed by atoms with Crippen molar-refractivity contribution in [1.29, 1.82) is 0 Å². The van der Waals surface area contributed by atoms with E-state index in [-0.39, 0.29) is 23.3 Å². The molecule has 2 aromatic rings. The minimum absolute atomic E-state index is 0.0268. The fourth-order valence-corrected chi connectivity index (χ4v) is 3.41. The van der Waals surface area contributed by atoms with Crippen LogP contribution in [-0.4, -0.2) is 34.6 Å². The predicted octanol–water partition coefficient (Wildman–Crippen LogP) is 5.49. The molecule has 0 saturated carbocycles. The van der Waals surface area contributed by atoms with E-state index in [2.05, 4.69) is 11.9 Å². The molecule has 1 aromatic heterocycles. The van der Waals surface area contributed by atoms with Crippen LogP contribution >= 0.6 is 0 Å². The van der Waals surface area contributed by atoms with Gasteiger partial charge in [-0.1, -0.05) is 34.1 Å². The van der Waals surface area contributed by atoms with Gasteiger partial charge in [0, 0.05) is 37.9 Å². The summed E-state index contributed by atoms with van der Waals surface area (Å²) in [6.07, 6.45) is -2.79. The third kappa shape index (κ3) is 6.74. The van der Waals surface area contributed by atoms with E-state index in [9.17, 15) is 18.0 Å². The monoisotopic (exact) mass is 483 g/mol. The molecule has 1 aromatic carbocycles. The molecule has 0 saturated heterocycles. The number of nitrogens with zero attached hydrogens (tertiary/aromatic N) is 3. The molecule has 0 atom stereocenters. The molecule has 190 valence electrons. The molecule has 0 unspecified atom stereocenters. The molecule has 34 heavy (non-hydrogen) atoms. The number of hydrogen-bond donors (Lipinski definition) is 0. The lowest BCUT2D eigenvalue weighted by Crippen LogP contribution is -2.31. The van der Waals surface area contributed by atoms with Crippen LogP contribution in [0.1, 0.15) is 76.0 Å². The molecular formula is C25H36F3N3O3. The summed E-state index contributed by atoms with van der Waals surface area (Å²) in [6, 6.07) is 4.67. The number of ether oxygens (including phenoxy) is 2. The second-order valence-corrected chi connectivity index (χ2v) is 10.0. The van der Waals surface area contributed by atoms with Crippen LogP contribution < -0.4 is 10.2 Å².